The average Bonchev–Trinajstić information content (AvgIpc) is 3.29. The number of aliphatic hydroxyl groups is 1. The summed E-state index contributed by atoms with van der Waals surface area (Å²) in [6.07, 6.45) is 3.69. The van der Waals surface area contributed by atoms with Crippen molar-refractivity contribution in [3.63, 3.8) is 0 Å². The van der Waals surface area contributed by atoms with E-state index in [9.17, 15) is 5.11 Å². The highest BCUT2D eigenvalue weighted by Gasteiger charge is 2.31. The highest BCUT2D eigenvalue weighted by molar-refractivity contribution is 5.54. The molecule has 1 N–H and O–H groups in total. The Balaban J connectivity index is 1.96. The summed E-state index contributed by atoms with van der Waals surface area (Å²) in [6, 6.07) is 8.19. The predicted octanol–water partition coefficient (Wildman–Crippen LogP) is 2.20. The van der Waals surface area contributed by atoms with Gasteiger partial charge < -0.3 is 10.0 Å². The molecule has 21 heavy (non-hydrogen) atoms. The Labute approximate surface area is 124 Å². The van der Waals surface area contributed by atoms with E-state index >= 15 is 0 Å². The van der Waals surface area contributed by atoms with Gasteiger partial charge in [-0.2, -0.15) is 0 Å². The van der Waals surface area contributed by atoms with Gasteiger partial charge >= 0.3 is 0 Å². The van der Waals surface area contributed by atoms with Gasteiger partial charge in [0.2, 0.25) is 0 Å². The molecule has 1 aliphatic rings. The van der Waals surface area contributed by atoms with Crippen LogP contribution in [0, 0.1) is 6.92 Å². The number of anilines is 1. The third-order valence-electron chi connectivity index (χ3n) is 3.48. The quantitative estimate of drug-likeness (QED) is 0.912. The topological polar surface area (TPSA) is 62.1 Å². The van der Waals surface area contributed by atoms with E-state index in [4.69, 9.17) is 0 Å². The molecule has 0 amide bonds. The van der Waals surface area contributed by atoms with E-state index in [1.165, 1.54) is 0 Å². The molecule has 0 spiro atoms. The largest absolute Gasteiger partial charge is 0.392 e. The van der Waals surface area contributed by atoms with Gasteiger partial charge in [-0.05, 0) is 38.8 Å². The van der Waals surface area contributed by atoms with Crippen molar-refractivity contribution in [3.05, 3.63) is 36.2 Å². The van der Waals surface area contributed by atoms with Crippen LogP contribution in [0.5, 0.6) is 0 Å². The van der Waals surface area contributed by atoms with Gasteiger partial charge in [-0.15, -0.1) is 0 Å². The lowest BCUT2D eigenvalue weighted by atomic mass is 10.3. The van der Waals surface area contributed by atoms with Crippen molar-refractivity contribution in [2.75, 3.05) is 11.4 Å². The van der Waals surface area contributed by atoms with Crippen LogP contribution < -0.4 is 4.90 Å². The molecule has 1 fully saturated rings. The summed E-state index contributed by atoms with van der Waals surface area (Å²) in [4.78, 5) is 15.6. The zero-order chi connectivity index (χ0) is 14.8. The third kappa shape index (κ3) is 3.36. The maximum absolute atomic E-state index is 9.72. The van der Waals surface area contributed by atoms with E-state index in [0.717, 1.165) is 30.0 Å². The molecule has 1 saturated carbocycles. The van der Waals surface area contributed by atoms with Crippen LogP contribution in [0.4, 0.5) is 5.82 Å². The van der Waals surface area contributed by atoms with E-state index in [1.807, 2.05) is 38.1 Å². The van der Waals surface area contributed by atoms with E-state index < -0.39 is 0 Å². The Morgan fingerprint density at radius 3 is 2.76 bits per heavy atom. The summed E-state index contributed by atoms with van der Waals surface area (Å²) >= 11 is 0. The molecule has 5 nitrogen and oxygen atoms in total. The zero-order valence-corrected chi connectivity index (χ0v) is 12.4. The van der Waals surface area contributed by atoms with Crippen LogP contribution in [0.25, 0.3) is 11.5 Å². The second kappa shape index (κ2) is 5.77. The van der Waals surface area contributed by atoms with E-state index in [-0.39, 0.29) is 6.10 Å². The minimum atomic E-state index is -0.376. The van der Waals surface area contributed by atoms with Gasteiger partial charge in [-0.25, -0.2) is 9.97 Å². The monoisotopic (exact) mass is 284 g/mol. The van der Waals surface area contributed by atoms with Gasteiger partial charge in [0.25, 0.3) is 0 Å². The highest BCUT2D eigenvalue weighted by atomic mass is 16.3. The van der Waals surface area contributed by atoms with Gasteiger partial charge in [0, 0.05) is 30.5 Å². The van der Waals surface area contributed by atoms with E-state index in [0.29, 0.717) is 18.4 Å². The molecule has 1 unspecified atom stereocenters. The maximum Gasteiger partial charge on any atom is 0.180 e. The van der Waals surface area contributed by atoms with Gasteiger partial charge in [0.15, 0.2) is 5.82 Å². The minimum Gasteiger partial charge on any atom is -0.392 e. The molecule has 0 radical (unpaired) electrons. The molecule has 0 bridgehead atoms. The van der Waals surface area contributed by atoms with Gasteiger partial charge in [0.1, 0.15) is 11.5 Å². The molecule has 1 aliphatic carbocycles. The van der Waals surface area contributed by atoms with Crippen molar-refractivity contribution in [2.45, 2.75) is 38.8 Å². The molecule has 2 aromatic rings. The first kappa shape index (κ1) is 13.9. The number of pyridine rings is 1. The van der Waals surface area contributed by atoms with E-state index in [2.05, 4.69) is 19.9 Å². The van der Waals surface area contributed by atoms with Crippen LogP contribution in [-0.4, -0.2) is 38.7 Å². The second-order valence-electron chi connectivity index (χ2n) is 5.64. The number of rotatable bonds is 5. The summed E-state index contributed by atoms with van der Waals surface area (Å²) in [6.45, 7) is 4.37. The van der Waals surface area contributed by atoms with Crippen LogP contribution >= 0.6 is 0 Å². The molecule has 0 aliphatic heterocycles. The van der Waals surface area contributed by atoms with Crippen LogP contribution in [0.2, 0.25) is 0 Å². The Hall–Kier alpha value is -2.01. The Bertz CT molecular complexity index is 611. The first-order valence-electron chi connectivity index (χ1n) is 7.35. The molecule has 0 aromatic carbocycles. The first-order valence-corrected chi connectivity index (χ1v) is 7.35. The van der Waals surface area contributed by atoms with Crippen LogP contribution in [0.3, 0.4) is 0 Å². The number of aryl methyl sites for hydroxylation is 1. The second-order valence-corrected chi connectivity index (χ2v) is 5.64. The standard InChI is InChI=1S/C16H20N4O/c1-11-9-15(20(10-12(2)21)13-6-7-13)19-16(18-11)14-5-3-4-8-17-14/h3-5,8-9,12-13,21H,6-7,10H2,1-2H3. The number of hydrogen-bond donors (Lipinski definition) is 1. The van der Waals surface area contributed by atoms with Crippen molar-refractivity contribution >= 4 is 5.82 Å². The number of aliphatic hydroxyl groups excluding tert-OH is 1. The van der Waals surface area contributed by atoms with E-state index in [1.54, 1.807) is 6.20 Å². The summed E-state index contributed by atoms with van der Waals surface area (Å²) in [7, 11) is 0. The van der Waals surface area contributed by atoms with Gasteiger partial charge in [-0.3, -0.25) is 4.98 Å². The van der Waals surface area contributed by atoms with Gasteiger partial charge in [0.05, 0.1) is 6.10 Å². The zero-order valence-electron chi connectivity index (χ0n) is 12.4. The van der Waals surface area contributed by atoms with Crippen molar-refractivity contribution < 1.29 is 5.11 Å². The highest BCUT2D eigenvalue weighted by Crippen LogP contribution is 2.31. The molecule has 0 saturated heterocycles. The summed E-state index contributed by atoms with van der Waals surface area (Å²) in [5.74, 6) is 1.52. The summed E-state index contributed by atoms with van der Waals surface area (Å²) in [5.41, 5.74) is 1.69. The number of hydrogen-bond acceptors (Lipinski definition) is 5. The molecule has 5 heteroatoms. The van der Waals surface area contributed by atoms with Crippen LogP contribution in [0.15, 0.2) is 30.5 Å². The summed E-state index contributed by atoms with van der Waals surface area (Å²) < 4.78 is 0. The van der Waals surface area contributed by atoms with Crippen molar-refractivity contribution in [2.24, 2.45) is 0 Å². The molecule has 2 heterocycles. The fraction of sp³-hybridized carbons (Fsp3) is 0.438. The summed E-state index contributed by atoms with van der Waals surface area (Å²) in [5, 5.41) is 9.72. The fourth-order valence-corrected chi connectivity index (χ4v) is 2.41. The van der Waals surface area contributed by atoms with Crippen molar-refractivity contribution in [3.8, 4) is 11.5 Å². The number of nitrogens with zero attached hydrogens (tertiary/aromatic N) is 4. The van der Waals surface area contributed by atoms with Crippen LogP contribution in [-0.2, 0) is 0 Å². The lowest BCUT2D eigenvalue weighted by Crippen LogP contribution is -2.33. The Morgan fingerprint density at radius 2 is 2.14 bits per heavy atom. The lowest BCUT2D eigenvalue weighted by Gasteiger charge is -2.25. The third-order valence-corrected chi connectivity index (χ3v) is 3.48. The Kier molecular flexibility index (Phi) is 3.84. The molecular formula is C16H20N4O. The fourth-order valence-electron chi connectivity index (χ4n) is 2.41. The normalized spacial score (nSPS) is 15.8. The van der Waals surface area contributed by atoms with Crippen molar-refractivity contribution in [1.82, 2.24) is 15.0 Å². The van der Waals surface area contributed by atoms with Gasteiger partial charge in [-0.1, -0.05) is 6.07 Å². The molecule has 110 valence electrons. The van der Waals surface area contributed by atoms with Crippen LogP contribution in [0.1, 0.15) is 25.5 Å². The SMILES string of the molecule is Cc1cc(N(CC(C)O)C2CC2)nc(-c2ccccn2)n1. The predicted molar refractivity (Wildman–Crippen MR) is 82.0 cm³/mol. The Morgan fingerprint density at radius 1 is 1.33 bits per heavy atom. The molecule has 3 rings (SSSR count). The lowest BCUT2D eigenvalue weighted by molar-refractivity contribution is 0.199. The molecule has 1 atom stereocenters. The first-order chi connectivity index (χ1) is 10.1. The van der Waals surface area contributed by atoms with Crippen molar-refractivity contribution in [1.29, 1.82) is 0 Å². The average molecular weight is 284 g/mol. The number of aromatic nitrogens is 3. The molecule has 2 aromatic heterocycles. The minimum absolute atomic E-state index is 0.376. The molecular weight excluding hydrogens is 264 g/mol. The smallest absolute Gasteiger partial charge is 0.180 e. The maximum atomic E-state index is 9.72.